The predicted octanol–water partition coefficient (Wildman–Crippen LogP) is 1.21. The Kier molecular flexibility index (Phi) is 2.90. The maximum Gasteiger partial charge on any atom is 0.306 e. The summed E-state index contributed by atoms with van der Waals surface area (Å²) in [5.41, 5.74) is 0. The summed E-state index contributed by atoms with van der Waals surface area (Å²) in [7, 11) is 0. The SMILES string of the molecule is CC1C[C@H](C(=O)O)C[C@@H](C(=O)O)C1. The largest absolute Gasteiger partial charge is 0.481 e. The first kappa shape index (κ1) is 10.0. The number of hydrogen-bond donors (Lipinski definition) is 2. The molecule has 4 heteroatoms. The highest BCUT2D eigenvalue weighted by atomic mass is 16.4. The zero-order chi connectivity index (χ0) is 10.0. The van der Waals surface area contributed by atoms with Crippen LogP contribution in [-0.2, 0) is 9.59 Å². The number of rotatable bonds is 2. The number of aliphatic carboxylic acids is 2. The van der Waals surface area contributed by atoms with Crippen molar-refractivity contribution in [1.29, 1.82) is 0 Å². The lowest BCUT2D eigenvalue weighted by Gasteiger charge is -2.28. The van der Waals surface area contributed by atoms with Gasteiger partial charge in [-0.1, -0.05) is 6.92 Å². The lowest BCUT2D eigenvalue weighted by Crippen LogP contribution is -2.30. The van der Waals surface area contributed by atoms with E-state index in [2.05, 4.69) is 0 Å². The molecule has 0 saturated heterocycles. The molecule has 1 aliphatic carbocycles. The fourth-order valence-electron chi connectivity index (χ4n) is 2.01. The molecule has 4 nitrogen and oxygen atoms in total. The van der Waals surface area contributed by atoms with Gasteiger partial charge in [-0.2, -0.15) is 0 Å². The summed E-state index contributed by atoms with van der Waals surface area (Å²) in [6.45, 7) is 1.91. The number of carbonyl (C=O) groups is 2. The number of hydrogen-bond acceptors (Lipinski definition) is 2. The molecule has 1 saturated carbocycles. The summed E-state index contributed by atoms with van der Waals surface area (Å²) in [4.78, 5) is 21.4. The van der Waals surface area contributed by atoms with Crippen molar-refractivity contribution in [2.75, 3.05) is 0 Å². The van der Waals surface area contributed by atoms with E-state index in [9.17, 15) is 9.59 Å². The van der Waals surface area contributed by atoms with Gasteiger partial charge in [0.25, 0.3) is 0 Å². The minimum Gasteiger partial charge on any atom is -0.481 e. The summed E-state index contributed by atoms with van der Waals surface area (Å²) >= 11 is 0. The second-order valence-corrected chi connectivity index (χ2v) is 3.88. The Morgan fingerprint density at radius 1 is 1.00 bits per heavy atom. The first-order chi connectivity index (χ1) is 6.00. The zero-order valence-corrected chi connectivity index (χ0v) is 7.56. The molecule has 0 aromatic rings. The van der Waals surface area contributed by atoms with E-state index in [4.69, 9.17) is 10.2 Å². The molecule has 74 valence electrons. The molecule has 0 spiro atoms. The average Bonchev–Trinajstić information content (AvgIpc) is 2.03. The fourth-order valence-corrected chi connectivity index (χ4v) is 2.01. The third-order valence-corrected chi connectivity index (χ3v) is 2.64. The number of carboxylic acid groups (broad SMARTS) is 2. The Balaban J connectivity index is 2.62. The fraction of sp³-hybridized carbons (Fsp3) is 0.778. The van der Waals surface area contributed by atoms with Crippen molar-refractivity contribution in [3.63, 3.8) is 0 Å². The van der Waals surface area contributed by atoms with Gasteiger partial charge in [-0.25, -0.2) is 0 Å². The highest BCUT2D eigenvalue weighted by molar-refractivity contribution is 5.74. The second-order valence-electron chi connectivity index (χ2n) is 3.88. The average molecular weight is 186 g/mol. The van der Waals surface area contributed by atoms with E-state index in [-0.39, 0.29) is 12.3 Å². The van der Waals surface area contributed by atoms with Crippen LogP contribution in [0.25, 0.3) is 0 Å². The van der Waals surface area contributed by atoms with Gasteiger partial charge < -0.3 is 10.2 Å². The van der Waals surface area contributed by atoms with E-state index >= 15 is 0 Å². The molecule has 13 heavy (non-hydrogen) atoms. The van der Waals surface area contributed by atoms with Crippen molar-refractivity contribution in [3.05, 3.63) is 0 Å². The lowest BCUT2D eigenvalue weighted by atomic mass is 9.76. The van der Waals surface area contributed by atoms with Crippen LogP contribution >= 0.6 is 0 Å². The topological polar surface area (TPSA) is 74.6 Å². The monoisotopic (exact) mass is 186 g/mol. The Labute approximate surface area is 76.6 Å². The Hall–Kier alpha value is -1.06. The summed E-state index contributed by atoms with van der Waals surface area (Å²) in [6.07, 6.45) is 1.51. The zero-order valence-electron chi connectivity index (χ0n) is 7.56. The minimum atomic E-state index is -0.863. The highest BCUT2D eigenvalue weighted by Crippen LogP contribution is 2.33. The Bertz CT molecular complexity index is 202. The summed E-state index contributed by atoms with van der Waals surface area (Å²) < 4.78 is 0. The molecular weight excluding hydrogens is 172 g/mol. The van der Waals surface area contributed by atoms with Crippen molar-refractivity contribution < 1.29 is 19.8 Å². The van der Waals surface area contributed by atoms with Gasteiger partial charge >= 0.3 is 11.9 Å². The summed E-state index contributed by atoms with van der Waals surface area (Å²) in [5.74, 6) is -2.46. The molecule has 0 aromatic carbocycles. The molecular formula is C9H14O4. The van der Waals surface area contributed by atoms with Crippen LogP contribution in [0, 0.1) is 17.8 Å². The molecule has 0 aliphatic heterocycles. The smallest absolute Gasteiger partial charge is 0.306 e. The predicted molar refractivity (Wildman–Crippen MR) is 45.3 cm³/mol. The van der Waals surface area contributed by atoms with Crippen LogP contribution < -0.4 is 0 Å². The van der Waals surface area contributed by atoms with E-state index in [1.165, 1.54) is 0 Å². The van der Waals surface area contributed by atoms with E-state index in [1.807, 2.05) is 6.92 Å². The van der Waals surface area contributed by atoms with Crippen LogP contribution in [0.4, 0.5) is 0 Å². The van der Waals surface area contributed by atoms with Gasteiger partial charge in [0.05, 0.1) is 11.8 Å². The van der Waals surface area contributed by atoms with Gasteiger partial charge in [0.2, 0.25) is 0 Å². The maximum absolute atomic E-state index is 10.7. The van der Waals surface area contributed by atoms with Crippen molar-refractivity contribution in [2.45, 2.75) is 26.2 Å². The van der Waals surface area contributed by atoms with Crippen LogP contribution in [0.5, 0.6) is 0 Å². The van der Waals surface area contributed by atoms with Crippen LogP contribution in [0.3, 0.4) is 0 Å². The lowest BCUT2D eigenvalue weighted by molar-refractivity contribution is -0.148. The van der Waals surface area contributed by atoms with Crippen LogP contribution in [0.1, 0.15) is 26.2 Å². The Morgan fingerprint density at radius 2 is 1.38 bits per heavy atom. The molecule has 1 fully saturated rings. The first-order valence-electron chi connectivity index (χ1n) is 4.46. The third kappa shape index (κ3) is 2.44. The van der Waals surface area contributed by atoms with Gasteiger partial charge in [0.15, 0.2) is 0 Å². The summed E-state index contributed by atoms with van der Waals surface area (Å²) in [6, 6.07) is 0. The van der Waals surface area contributed by atoms with Crippen molar-refractivity contribution in [3.8, 4) is 0 Å². The van der Waals surface area contributed by atoms with Crippen molar-refractivity contribution in [1.82, 2.24) is 0 Å². The van der Waals surface area contributed by atoms with Gasteiger partial charge in [0.1, 0.15) is 0 Å². The maximum atomic E-state index is 10.7. The second kappa shape index (κ2) is 3.77. The van der Waals surface area contributed by atoms with Crippen LogP contribution in [-0.4, -0.2) is 22.2 Å². The molecule has 0 bridgehead atoms. The van der Waals surface area contributed by atoms with Gasteiger partial charge in [-0.3, -0.25) is 9.59 Å². The standard InChI is InChI=1S/C9H14O4/c1-5-2-6(8(10)11)4-7(3-5)9(12)13/h5-7H,2-4H2,1H3,(H,10,11)(H,12,13)/t6-,7-/m0/s1. The Morgan fingerprint density at radius 3 is 1.69 bits per heavy atom. The molecule has 1 rings (SSSR count). The molecule has 1 aliphatic rings. The molecule has 0 heterocycles. The third-order valence-electron chi connectivity index (χ3n) is 2.64. The molecule has 0 unspecified atom stereocenters. The van der Waals surface area contributed by atoms with Gasteiger partial charge in [-0.15, -0.1) is 0 Å². The minimum absolute atomic E-state index is 0.205. The van der Waals surface area contributed by atoms with Gasteiger partial charge in [-0.05, 0) is 25.2 Å². The summed E-state index contributed by atoms with van der Waals surface area (Å²) in [5, 5.41) is 17.5. The molecule has 0 aromatic heterocycles. The van der Waals surface area contributed by atoms with E-state index < -0.39 is 23.8 Å². The number of carboxylic acids is 2. The van der Waals surface area contributed by atoms with E-state index in [0.29, 0.717) is 12.8 Å². The molecule has 0 radical (unpaired) electrons. The van der Waals surface area contributed by atoms with Crippen LogP contribution in [0.2, 0.25) is 0 Å². The molecule has 0 amide bonds. The van der Waals surface area contributed by atoms with Crippen molar-refractivity contribution >= 4 is 11.9 Å². The molecule has 2 N–H and O–H groups in total. The normalized spacial score (nSPS) is 34.1. The van der Waals surface area contributed by atoms with Gasteiger partial charge in [0, 0.05) is 0 Å². The van der Waals surface area contributed by atoms with Crippen molar-refractivity contribution in [2.24, 2.45) is 17.8 Å². The molecule has 2 atom stereocenters. The highest BCUT2D eigenvalue weighted by Gasteiger charge is 2.34. The first-order valence-corrected chi connectivity index (χ1v) is 4.46. The van der Waals surface area contributed by atoms with E-state index in [1.54, 1.807) is 0 Å². The van der Waals surface area contributed by atoms with Crippen LogP contribution in [0.15, 0.2) is 0 Å². The quantitative estimate of drug-likeness (QED) is 0.679. The van der Waals surface area contributed by atoms with E-state index in [0.717, 1.165) is 0 Å².